The molecule has 1 amide bonds. The number of hydrogen-bond acceptors (Lipinski definition) is 5. The van der Waals surface area contributed by atoms with E-state index in [-0.39, 0.29) is 11.6 Å². The molecule has 0 radical (unpaired) electrons. The molecule has 0 spiro atoms. The maximum absolute atomic E-state index is 12.1. The Morgan fingerprint density at radius 1 is 1.17 bits per heavy atom. The lowest BCUT2D eigenvalue weighted by Crippen LogP contribution is -2.14. The number of nitrogens with one attached hydrogen (secondary N) is 1. The van der Waals surface area contributed by atoms with Crippen LogP contribution in [-0.4, -0.2) is 27.5 Å². The number of pyridine rings is 1. The predicted molar refractivity (Wildman–Crippen MR) is 90.8 cm³/mol. The van der Waals surface area contributed by atoms with Crippen molar-refractivity contribution in [3.05, 3.63) is 66.7 Å². The van der Waals surface area contributed by atoms with Crippen molar-refractivity contribution in [3.63, 3.8) is 0 Å². The van der Waals surface area contributed by atoms with Crippen LogP contribution in [-0.2, 0) is 0 Å². The van der Waals surface area contributed by atoms with E-state index in [1.807, 2.05) is 43.3 Å². The van der Waals surface area contributed by atoms with Gasteiger partial charge in [-0.2, -0.15) is 0 Å². The third kappa shape index (κ3) is 3.73. The third-order valence-corrected chi connectivity index (χ3v) is 3.23. The standard InChI is InChI=1S/C18H16N4O2/c1-2-24-14-6-3-5-13(11-14)15-7-4-8-17(21-15)22-18(23)16-12-19-9-10-20-16/h3-12H,2H2,1H3,(H,21,22,23). The zero-order chi connectivity index (χ0) is 16.8. The summed E-state index contributed by atoms with van der Waals surface area (Å²) in [7, 11) is 0. The fourth-order valence-electron chi connectivity index (χ4n) is 2.17. The van der Waals surface area contributed by atoms with Crippen LogP contribution in [0.1, 0.15) is 17.4 Å². The Hall–Kier alpha value is -3.28. The zero-order valence-corrected chi connectivity index (χ0v) is 13.1. The highest BCUT2D eigenvalue weighted by molar-refractivity contribution is 6.02. The van der Waals surface area contributed by atoms with Crippen LogP contribution in [0.3, 0.4) is 0 Å². The number of ether oxygens (including phenoxy) is 1. The number of benzene rings is 1. The van der Waals surface area contributed by atoms with Crippen molar-refractivity contribution in [2.24, 2.45) is 0 Å². The molecule has 120 valence electrons. The van der Waals surface area contributed by atoms with Gasteiger partial charge in [-0.25, -0.2) is 9.97 Å². The number of aromatic nitrogens is 3. The molecule has 1 aromatic carbocycles. The van der Waals surface area contributed by atoms with Crippen LogP contribution < -0.4 is 10.1 Å². The van der Waals surface area contributed by atoms with E-state index in [0.29, 0.717) is 12.4 Å². The Morgan fingerprint density at radius 3 is 2.83 bits per heavy atom. The van der Waals surface area contributed by atoms with Gasteiger partial charge in [0, 0.05) is 18.0 Å². The van der Waals surface area contributed by atoms with Gasteiger partial charge in [0.2, 0.25) is 0 Å². The first-order valence-electron chi connectivity index (χ1n) is 7.54. The molecule has 0 saturated heterocycles. The second-order valence-corrected chi connectivity index (χ2v) is 4.91. The molecular formula is C18H16N4O2. The van der Waals surface area contributed by atoms with E-state index < -0.39 is 0 Å². The Morgan fingerprint density at radius 2 is 2.04 bits per heavy atom. The normalized spacial score (nSPS) is 10.2. The molecule has 24 heavy (non-hydrogen) atoms. The fourth-order valence-corrected chi connectivity index (χ4v) is 2.17. The number of amides is 1. The first-order chi connectivity index (χ1) is 11.8. The molecule has 0 aliphatic heterocycles. The summed E-state index contributed by atoms with van der Waals surface area (Å²) >= 11 is 0. The van der Waals surface area contributed by atoms with E-state index in [1.54, 1.807) is 6.07 Å². The summed E-state index contributed by atoms with van der Waals surface area (Å²) in [5.74, 6) is 0.881. The van der Waals surface area contributed by atoms with Gasteiger partial charge in [-0.15, -0.1) is 0 Å². The average Bonchev–Trinajstić information content (AvgIpc) is 2.63. The summed E-state index contributed by atoms with van der Waals surface area (Å²) in [6.45, 7) is 2.54. The fraction of sp³-hybridized carbons (Fsp3) is 0.111. The molecule has 2 heterocycles. The third-order valence-electron chi connectivity index (χ3n) is 3.23. The second kappa shape index (κ2) is 7.32. The van der Waals surface area contributed by atoms with E-state index in [9.17, 15) is 4.79 Å². The molecule has 2 aromatic heterocycles. The van der Waals surface area contributed by atoms with Crippen molar-refractivity contribution in [2.45, 2.75) is 6.92 Å². The second-order valence-electron chi connectivity index (χ2n) is 4.91. The molecule has 0 aliphatic rings. The Balaban J connectivity index is 1.82. The van der Waals surface area contributed by atoms with Gasteiger partial charge in [0.05, 0.1) is 18.5 Å². The van der Waals surface area contributed by atoms with E-state index >= 15 is 0 Å². The molecule has 6 heteroatoms. The topological polar surface area (TPSA) is 77.0 Å². The van der Waals surface area contributed by atoms with E-state index in [0.717, 1.165) is 17.0 Å². The summed E-state index contributed by atoms with van der Waals surface area (Å²) in [5.41, 5.74) is 1.90. The van der Waals surface area contributed by atoms with Gasteiger partial charge < -0.3 is 10.1 Å². The molecule has 3 rings (SSSR count). The first-order valence-corrected chi connectivity index (χ1v) is 7.54. The van der Waals surface area contributed by atoms with Crippen LogP contribution in [0.2, 0.25) is 0 Å². The molecule has 0 aliphatic carbocycles. The van der Waals surface area contributed by atoms with Gasteiger partial charge >= 0.3 is 0 Å². The molecule has 0 unspecified atom stereocenters. The van der Waals surface area contributed by atoms with Crippen LogP contribution in [0.25, 0.3) is 11.3 Å². The summed E-state index contributed by atoms with van der Waals surface area (Å²) in [5, 5.41) is 2.72. The highest BCUT2D eigenvalue weighted by Crippen LogP contribution is 2.23. The van der Waals surface area contributed by atoms with Gasteiger partial charge in [-0.3, -0.25) is 9.78 Å². The van der Waals surface area contributed by atoms with E-state index in [4.69, 9.17) is 4.74 Å². The highest BCUT2D eigenvalue weighted by Gasteiger charge is 2.09. The largest absolute Gasteiger partial charge is 0.494 e. The van der Waals surface area contributed by atoms with Crippen LogP contribution in [0, 0.1) is 0 Å². The Kier molecular flexibility index (Phi) is 4.76. The predicted octanol–water partition coefficient (Wildman–Crippen LogP) is 3.19. The molecule has 6 nitrogen and oxygen atoms in total. The molecule has 0 saturated carbocycles. The van der Waals surface area contributed by atoms with Crippen LogP contribution in [0.4, 0.5) is 5.82 Å². The van der Waals surface area contributed by atoms with Crippen LogP contribution in [0.5, 0.6) is 5.75 Å². The molecule has 0 atom stereocenters. The van der Waals surface area contributed by atoms with E-state index in [2.05, 4.69) is 20.3 Å². The molecule has 0 fully saturated rings. The minimum atomic E-state index is -0.351. The summed E-state index contributed by atoms with van der Waals surface area (Å²) in [6, 6.07) is 13.1. The lowest BCUT2D eigenvalue weighted by atomic mass is 10.1. The highest BCUT2D eigenvalue weighted by atomic mass is 16.5. The molecule has 1 N–H and O–H groups in total. The Bertz CT molecular complexity index is 837. The number of anilines is 1. The van der Waals surface area contributed by atoms with Gasteiger partial charge in [-0.1, -0.05) is 18.2 Å². The molecule has 3 aromatic rings. The smallest absolute Gasteiger partial charge is 0.277 e. The van der Waals surface area contributed by atoms with Crippen molar-refractivity contribution in [3.8, 4) is 17.0 Å². The molecular weight excluding hydrogens is 304 g/mol. The minimum absolute atomic E-state index is 0.239. The monoisotopic (exact) mass is 320 g/mol. The van der Waals surface area contributed by atoms with Crippen LogP contribution >= 0.6 is 0 Å². The Labute approximate surface area is 139 Å². The summed E-state index contributed by atoms with van der Waals surface area (Å²) in [6.07, 6.45) is 4.39. The van der Waals surface area contributed by atoms with Crippen molar-refractivity contribution in [1.29, 1.82) is 0 Å². The number of rotatable bonds is 5. The number of nitrogens with zero attached hydrogens (tertiary/aromatic N) is 3. The van der Waals surface area contributed by atoms with Gasteiger partial charge in [0.15, 0.2) is 0 Å². The molecule has 0 bridgehead atoms. The van der Waals surface area contributed by atoms with Crippen LogP contribution in [0.15, 0.2) is 61.1 Å². The number of carbonyl (C=O) groups is 1. The lowest BCUT2D eigenvalue weighted by molar-refractivity contribution is 0.102. The SMILES string of the molecule is CCOc1cccc(-c2cccc(NC(=O)c3cnccn3)n2)c1. The summed E-state index contributed by atoms with van der Waals surface area (Å²) < 4.78 is 5.51. The quantitative estimate of drug-likeness (QED) is 0.781. The first kappa shape index (κ1) is 15.6. The van der Waals surface area contributed by atoms with Gasteiger partial charge in [0.25, 0.3) is 5.91 Å². The lowest BCUT2D eigenvalue weighted by Gasteiger charge is -2.08. The average molecular weight is 320 g/mol. The minimum Gasteiger partial charge on any atom is -0.494 e. The van der Waals surface area contributed by atoms with Gasteiger partial charge in [-0.05, 0) is 31.2 Å². The van der Waals surface area contributed by atoms with Crippen molar-refractivity contribution in [1.82, 2.24) is 15.0 Å². The van der Waals surface area contributed by atoms with E-state index in [1.165, 1.54) is 18.6 Å². The number of hydrogen-bond donors (Lipinski definition) is 1. The maximum Gasteiger partial charge on any atom is 0.277 e. The van der Waals surface area contributed by atoms with Crippen molar-refractivity contribution >= 4 is 11.7 Å². The number of carbonyl (C=O) groups excluding carboxylic acids is 1. The summed E-state index contributed by atoms with van der Waals surface area (Å²) in [4.78, 5) is 24.5. The zero-order valence-electron chi connectivity index (χ0n) is 13.1. The van der Waals surface area contributed by atoms with Gasteiger partial charge in [0.1, 0.15) is 17.3 Å². The van der Waals surface area contributed by atoms with Crippen molar-refractivity contribution < 1.29 is 9.53 Å². The van der Waals surface area contributed by atoms with Crippen molar-refractivity contribution in [2.75, 3.05) is 11.9 Å². The maximum atomic E-state index is 12.1.